The van der Waals surface area contributed by atoms with Crippen LogP contribution < -0.4 is 5.32 Å². The van der Waals surface area contributed by atoms with Crippen LogP contribution in [0.3, 0.4) is 0 Å². The van der Waals surface area contributed by atoms with Gasteiger partial charge in [0.05, 0.1) is 4.92 Å². The van der Waals surface area contributed by atoms with E-state index in [1.165, 1.54) is 11.1 Å². The van der Waals surface area contributed by atoms with Gasteiger partial charge in [-0.3, -0.25) is 19.9 Å². The van der Waals surface area contributed by atoms with Crippen molar-refractivity contribution in [2.24, 2.45) is 5.92 Å². The molecule has 7 heteroatoms. The zero-order valence-electron chi connectivity index (χ0n) is 22.0. The van der Waals surface area contributed by atoms with Crippen LogP contribution in [0, 0.1) is 16.0 Å². The molecule has 1 aliphatic carbocycles. The number of carbonyl (C=O) groups is 1. The molecule has 2 aromatic carbocycles. The van der Waals surface area contributed by atoms with Gasteiger partial charge in [-0.15, -0.1) is 0 Å². The van der Waals surface area contributed by atoms with Crippen molar-refractivity contribution < 1.29 is 9.72 Å². The maximum Gasteiger partial charge on any atom is 0.270 e. The van der Waals surface area contributed by atoms with Crippen molar-refractivity contribution in [3.8, 4) is 0 Å². The lowest BCUT2D eigenvalue weighted by Crippen LogP contribution is -2.46. The maximum atomic E-state index is 13.0. The highest BCUT2D eigenvalue weighted by Crippen LogP contribution is 2.41. The van der Waals surface area contributed by atoms with E-state index in [4.69, 9.17) is 0 Å². The summed E-state index contributed by atoms with van der Waals surface area (Å²) in [6, 6.07) is 26.7. The second-order valence-corrected chi connectivity index (χ2v) is 10.4. The van der Waals surface area contributed by atoms with Crippen molar-refractivity contribution in [1.82, 2.24) is 15.2 Å². The molecule has 0 saturated carbocycles. The van der Waals surface area contributed by atoms with Gasteiger partial charge in [0.25, 0.3) is 11.6 Å². The molecule has 2 unspecified atom stereocenters. The molecule has 5 rings (SSSR count). The van der Waals surface area contributed by atoms with Crippen molar-refractivity contribution in [1.29, 1.82) is 0 Å². The molecule has 2 heterocycles. The Morgan fingerprint density at radius 1 is 1.00 bits per heavy atom. The van der Waals surface area contributed by atoms with Crippen LogP contribution in [0.1, 0.15) is 47.3 Å². The second-order valence-electron chi connectivity index (χ2n) is 10.4. The van der Waals surface area contributed by atoms with E-state index >= 15 is 0 Å². The Balaban J connectivity index is 1.27. The first-order valence-corrected chi connectivity index (χ1v) is 13.6. The van der Waals surface area contributed by atoms with Gasteiger partial charge in [-0.25, -0.2) is 0 Å². The first kappa shape index (κ1) is 26.5. The lowest BCUT2D eigenvalue weighted by molar-refractivity contribution is -0.419. The van der Waals surface area contributed by atoms with Gasteiger partial charge in [0.15, 0.2) is 0 Å². The summed E-state index contributed by atoms with van der Waals surface area (Å²) in [7, 11) is 0. The average Bonchev–Trinajstić information content (AvgIpc) is 3.01. The van der Waals surface area contributed by atoms with Crippen molar-refractivity contribution in [2.45, 2.75) is 37.1 Å². The number of allylic oxidation sites excluding steroid dienone is 2. The van der Waals surface area contributed by atoms with Crippen LogP contribution in [0.25, 0.3) is 0 Å². The van der Waals surface area contributed by atoms with Crippen LogP contribution in [0.15, 0.2) is 109 Å². The molecule has 0 bridgehead atoms. The molecule has 3 aromatic rings. The molecule has 200 valence electrons. The Kier molecular flexibility index (Phi) is 8.27. The van der Waals surface area contributed by atoms with Gasteiger partial charge < -0.3 is 10.2 Å². The van der Waals surface area contributed by atoms with E-state index in [2.05, 4.69) is 75.9 Å². The number of carbonyl (C=O) groups excluding carboxylic acids is 1. The summed E-state index contributed by atoms with van der Waals surface area (Å²) in [5.41, 5.74) is 3.18. The van der Waals surface area contributed by atoms with Gasteiger partial charge in [0, 0.05) is 36.2 Å². The largest absolute Gasteiger partial charge is 0.347 e. The molecule has 2 atom stereocenters. The molecule has 1 amide bonds. The van der Waals surface area contributed by atoms with Crippen molar-refractivity contribution >= 4 is 5.91 Å². The summed E-state index contributed by atoms with van der Waals surface area (Å²) >= 11 is 0. The second kappa shape index (κ2) is 12.2. The lowest BCUT2D eigenvalue weighted by Gasteiger charge is -2.43. The van der Waals surface area contributed by atoms with Gasteiger partial charge in [0.1, 0.15) is 5.69 Å². The number of nitrogens with zero attached hydrogens (tertiary/aromatic N) is 3. The minimum atomic E-state index is -0.367. The van der Waals surface area contributed by atoms with Crippen LogP contribution in [0.2, 0.25) is 0 Å². The zero-order valence-corrected chi connectivity index (χ0v) is 22.0. The molecule has 1 N–H and O–H groups in total. The Hall–Kier alpha value is -4.10. The molecule has 1 aliphatic heterocycles. The Morgan fingerprint density at radius 2 is 1.64 bits per heavy atom. The van der Waals surface area contributed by atoms with Gasteiger partial charge in [-0.2, -0.15) is 0 Å². The van der Waals surface area contributed by atoms with Crippen LogP contribution in [-0.4, -0.2) is 46.4 Å². The fourth-order valence-electron chi connectivity index (χ4n) is 5.93. The van der Waals surface area contributed by atoms with E-state index in [1.54, 1.807) is 36.5 Å². The number of likely N-dealkylation sites (tertiary alicyclic amines) is 1. The van der Waals surface area contributed by atoms with E-state index in [0.29, 0.717) is 12.1 Å². The van der Waals surface area contributed by atoms with Crippen molar-refractivity contribution in [3.63, 3.8) is 0 Å². The summed E-state index contributed by atoms with van der Waals surface area (Å²) in [5, 5.41) is 14.4. The van der Waals surface area contributed by atoms with Gasteiger partial charge in [-0.05, 0) is 68.1 Å². The van der Waals surface area contributed by atoms with E-state index < -0.39 is 0 Å². The van der Waals surface area contributed by atoms with Gasteiger partial charge >= 0.3 is 0 Å². The van der Waals surface area contributed by atoms with Gasteiger partial charge in [0.2, 0.25) is 0 Å². The van der Waals surface area contributed by atoms with Crippen molar-refractivity contribution in [2.75, 3.05) is 19.6 Å². The highest BCUT2D eigenvalue weighted by Gasteiger charge is 2.38. The SMILES string of the molecule is O=C(NC(CCN1CCC(c2ccccc2)(c2ccccc2)CC1)C1C=CC([N+](=O)[O-])=CC1)c1ccccn1. The van der Waals surface area contributed by atoms with Gasteiger partial charge in [-0.1, -0.05) is 72.8 Å². The highest BCUT2D eigenvalue weighted by atomic mass is 16.6. The van der Waals surface area contributed by atoms with Crippen LogP contribution >= 0.6 is 0 Å². The summed E-state index contributed by atoms with van der Waals surface area (Å²) in [4.78, 5) is 30.5. The van der Waals surface area contributed by atoms with E-state index in [-0.39, 0.29) is 33.9 Å². The fourth-order valence-corrected chi connectivity index (χ4v) is 5.93. The van der Waals surface area contributed by atoms with Crippen molar-refractivity contribution in [3.05, 3.63) is 136 Å². The molecule has 0 radical (unpaired) electrons. The Bertz CT molecular complexity index is 1280. The number of rotatable bonds is 9. The normalized spacial score (nSPS) is 19.6. The highest BCUT2D eigenvalue weighted by molar-refractivity contribution is 5.92. The predicted octanol–water partition coefficient (Wildman–Crippen LogP) is 5.39. The van der Waals surface area contributed by atoms with Crippen LogP contribution in [0.5, 0.6) is 0 Å². The van der Waals surface area contributed by atoms with E-state index in [9.17, 15) is 14.9 Å². The molecule has 7 nitrogen and oxygen atoms in total. The zero-order chi connectivity index (χ0) is 27.1. The van der Waals surface area contributed by atoms with E-state index in [1.807, 2.05) is 6.08 Å². The Morgan fingerprint density at radius 3 is 2.18 bits per heavy atom. The molecular formula is C32H34N4O3. The number of hydrogen-bond acceptors (Lipinski definition) is 5. The lowest BCUT2D eigenvalue weighted by atomic mass is 9.68. The molecule has 39 heavy (non-hydrogen) atoms. The number of nitrogens with one attached hydrogen (secondary N) is 1. The first-order chi connectivity index (χ1) is 19.0. The minimum absolute atomic E-state index is 0.0124. The molecule has 1 fully saturated rings. The minimum Gasteiger partial charge on any atom is -0.347 e. The molecular weight excluding hydrogens is 488 g/mol. The summed E-state index contributed by atoms with van der Waals surface area (Å²) in [6.45, 7) is 2.75. The third-order valence-corrected chi connectivity index (χ3v) is 8.17. The predicted molar refractivity (Wildman–Crippen MR) is 152 cm³/mol. The quantitative estimate of drug-likeness (QED) is 0.301. The van der Waals surface area contributed by atoms with E-state index in [0.717, 1.165) is 38.9 Å². The number of piperidine rings is 1. The average molecular weight is 523 g/mol. The topological polar surface area (TPSA) is 88.4 Å². The molecule has 1 saturated heterocycles. The number of hydrogen-bond donors (Lipinski definition) is 1. The summed E-state index contributed by atoms with van der Waals surface area (Å²) < 4.78 is 0. The third-order valence-electron chi connectivity index (χ3n) is 8.17. The molecule has 0 spiro atoms. The summed E-state index contributed by atoms with van der Waals surface area (Å²) in [6.07, 6.45) is 9.99. The maximum absolute atomic E-state index is 13.0. The number of amides is 1. The Labute approximate surface area is 229 Å². The monoisotopic (exact) mass is 522 g/mol. The third kappa shape index (κ3) is 6.15. The molecule has 2 aliphatic rings. The van der Waals surface area contributed by atoms with Crippen LogP contribution in [0.4, 0.5) is 0 Å². The number of benzene rings is 2. The number of aromatic nitrogens is 1. The number of pyridine rings is 1. The summed E-state index contributed by atoms with van der Waals surface area (Å²) in [5.74, 6) is -0.234. The standard InChI is InChI=1S/C32H34N4O3/c37-31(30-13-7-8-21-33-30)34-29(25-14-16-28(17-15-25)36(38)39)18-22-35-23-19-32(20-24-35,26-9-3-1-4-10-26)27-11-5-2-6-12-27/h1-14,16-17,21,25,29H,15,18-20,22-24H2,(H,34,37). The van der Waals surface area contributed by atoms with Crippen LogP contribution in [-0.2, 0) is 5.41 Å². The fraction of sp³-hybridized carbons (Fsp3) is 0.312. The number of nitro groups is 1. The molecule has 1 aromatic heterocycles. The smallest absolute Gasteiger partial charge is 0.270 e. The first-order valence-electron chi connectivity index (χ1n) is 13.6.